The van der Waals surface area contributed by atoms with Gasteiger partial charge in [0.25, 0.3) is 0 Å². The lowest BCUT2D eigenvalue weighted by Crippen LogP contribution is -2.26. The van der Waals surface area contributed by atoms with Gasteiger partial charge in [0.1, 0.15) is 5.82 Å². The van der Waals surface area contributed by atoms with Gasteiger partial charge >= 0.3 is 0 Å². The van der Waals surface area contributed by atoms with Crippen molar-refractivity contribution >= 4 is 27.2 Å². The Balaban J connectivity index is 2.24. The Morgan fingerprint density at radius 1 is 1.38 bits per heavy atom. The zero-order valence-electron chi connectivity index (χ0n) is 12.2. The first-order chi connectivity index (χ1) is 9.95. The molecule has 0 unspecified atom stereocenters. The third kappa shape index (κ3) is 3.58. The fourth-order valence-electron chi connectivity index (χ4n) is 1.79. The van der Waals surface area contributed by atoms with Crippen LogP contribution in [-0.4, -0.2) is 36.3 Å². The van der Waals surface area contributed by atoms with Crippen molar-refractivity contribution in [2.45, 2.75) is 25.3 Å². The molecule has 2 aromatic heterocycles. The first-order valence-corrected chi connectivity index (χ1v) is 8.82. The minimum absolute atomic E-state index is 0.234. The maximum absolute atomic E-state index is 12.6. The van der Waals surface area contributed by atoms with Crippen LogP contribution in [0.25, 0.3) is 0 Å². The van der Waals surface area contributed by atoms with Gasteiger partial charge in [-0.25, -0.2) is 18.4 Å². The molecule has 0 atom stereocenters. The maximum atomic E-state index is 12.6. The summed E-state index contributed by atoms with van der Waals surface area (Å²) in [4.78, 5) is 9.41. The average Bonchev–Trinajstić information content (AvgIpc) is 2.85. The van der Waals surface area contributed by atoms with E-state index in [4.69, 9.17) is 0 Å². The summed E-state index contributed by atoms with van der Waals surface area (Å²) in [5.74, 6) is 0.556. The molecule has 0 fully saturated rings. The number of sulfonamides is 1. The van der Waals surface area contributed by atoms with E-state index in [1.807, 2.05) is 13.8 Å². The van der Waals surface area contributed by atoms with Crippen LogP contribution in [0, 0.1) is 6.92 Å². The van der Waals surface area contributed by atoms with Crippen molar-refractivity contribution in [3.05, 3.63) is 34.4 Å². The number of rotatable bonds is 6. The van der Waals surface area contributed by atoms with Crippen molar-refractivity contribution < 1.29 is 8.42 Å². The third-order valence-electron chi connectivity index (χ3n) is 3.01. The van der Waals surface area contributed by atoms with E-state index in [9.17, 15) is 8.42 Å². The molecule has 8 heteroatoms. The standard InChI is InChI=1S/C13H18N4O2S2/c1-4-14-13-7-11(5-6-15-13)21(18,19)17(3)8-12-10(2)16-9-20-12/h5-7,9H,4,8H2,1-3H3,(H,14,15). The van der Waals surface area contributed by atoms with E-state index in [-0.39, 0.29) is 4.90 Å². The molecule has 0 aliphatic rings. The fraction of sp³-hybridized carbons (Fsp3) is 0.385. The van der Waals surface area contributed by atoms with Crippen LogP contribution in [0.15, 0.2) is 28.7 Å². The minimum atomic E-state index is -3.54. The van der Waals surface area contributed by atoms with Crippen LogP contribution in [0.2, 0.25) is 0 Å². The molecule has 0 amide bonds. The van der Waals surface area contributed by atoms with Gasteiger partial charge in [-0.3, -0.25) is 0 Å². The van der Waals surface area contributed by atoms with Crippen molar-refractivity contribution in [3.63, 3.8) is 0 Å². The van der Waals surface area contributed by atoms with Gasteiger partial charge in [0.15, 0.2) is 0 Å². The van der Waals surface area contributed by atoms with Gasteiger partial charge in [0.2, 0.25) is 10.0 Å². The van der Waals surface area contributed by atoms with Gasteiger partial charge < -0.3 is 5.32 Å². The molecule has 21 heavy (non-hydrogen) atoms. The highest BCUT2D eigenvalue weighted by molar-refractivity contribution is 7.89. The highest BCUT2D eigenvalue weighted by Crippen LogP contribution is 2.21. The summed E-state index contributed by atoms with van der Waals surface area (Å²) in [5.41, 5.74) is 2.59. The lowest BCUT2D eigenvalue weighted by molar-refractivity contribution is 0.468. The van der Waals surface area contributed by atoms with Crippen molar-refractivity contribution in [2.75, 3.05) is 18.9 Å². The molecule has 2 aromatic rings. The topological polar surface area (TPSA) is 75.2 Å². The number of anilines is 1. The quantitative estimate of drug-likeness (QED) is 0.880. The van der Waals surface area contributed by atoms with Crippen molar-refractivity contribution in [1.82, 2.24) is 14.3 Å². The van der Waals surface area contributed by atoms with Gasteiger partial charge in [0, 0.05) is 37.3 Å². The number of aromatic nitrogens is 2. The molecule has 0 saturated carbocycles. The van der Waals surface area contributed by atoms with E-state index in [0.29, 0.717) is 18.9 Å². The first-order valence-electron chi connectivity index (χ1n) is 6.50. The number of pyridine rings is 1. The lowest BCUT2D eigenvalue weighted by atomic mass is 10.4. The second-order valence-electron chi connectivity index (χ2n) is 4.53. The molecule has 0 saturated heterocycles. The van der Waals surface area contributed by atoms with Gasteiger partial charge in [0.05, 0.1) is 16.1 Å². The molecule has 1 N–H and O–H groups in total. The van der Waals surface area contributed by atoms with Crippen LogP contribution in [0.3, 0.4) is 0 Å². The molecule has 0 spiro atoms. The minimum Gasteiger partial charge on any atom is -0.370 e. The SMILES string of the molecule is CCNc1cc(S(=O)(=O)N(C)Cc2scnc2C)ccn1. The van der Waals surface area contributed by atoms with Gasteiger partial charge in [-0.1, -0.05) is 0 Å². The largest absolute Gasteiger partial charge is 0.370 e. The molecular formula is C13H18N4O2S2. The van der Waals surface area contributed by atoms with Crippen molar-refractivity contribution in [2.24, 2.45) is 0 Å². The smallest absolute Gasteiger partial charge is 0.243 e. The van der Waals surface area contributed by atoms with Crippen LogP contribution in [-0.2, 0) is 16.6 Å². The molecule has 6 nitrogen and oxygen atoms in total. The predicted octanol–water partition coefficient (Wildman–Crippen LogP) is 2.10. The number of nitrogens with one attached hydrogen (secondary N) is 1. The summed E-state index contributed by atoms with van der Waals surface area (Å²) in [6.07, 6.45) is 1.50. The van der Waals surface area contributed by atoms with E-state index in [0.717, 1.165) is 10.6 Å². The summed E-state index contributed by atoms with van der Waals surface area (Å²) >= 11 is 1.46. The normalized spacial score (nSPS) is 11.8. The van der Waals surface area contributed by atoms with E-state index < -0.39 is 10.0 Å². The zero-order chi connectivity index (χ0) is 15.5. The summed E-state index contributed by atoms with van der Waals surface area (Å²) in [5, 5.41) is 3.01. The molecular weight excluding hydrogens is 308 g/mol. The molecule has 2 rings (SSSR count). The summed E-state index contributed by atoms with van der Waals surface area (Å²) in [6.45, 7) is 4.81. The van der Waals surface area contributed by atoms with Crippen LogP contribution >= 0.6 is 11.3 Å². The summed E-state index contributed by atoms with van der Waals surface area (Å²) in [7, 11) is -1.97. The summed E-state index contributed by atoms with van der Waals surface area (Å²) < 4.78 is 26.5. The van der Waals surface area contributed by atoms with E-state index in [2.05, 4.69) is 15.3 Å². The number of nitrogens with zero attached hydrogens (tertiary/aromatic N) is 3. The molecule has 0 aliphatic carbocycles. The van der Waals surface area contributed by atoms with Gasteiger partial charge in [-0.15, -0.1) is 11.3 Å². The Morgan fingerprint density at radius 3 is 2.76 bits per heavy atom. The van der Waals surface area contributed by atoms with Crippen molar-refractivity contribution in [1.29, 1.82) is 0 Å². The first kappa shape index (κ1) is 15.9. The molecule has 0 aliphatic heterocycles. The molecule has 2 heterocycles. The average molecular weight is 326 g/mol. The lowest BCUT2D eigenvalue weighted by Gasteiger charge is -2.17. The Labute approximate surface area is 128 Å². The van der Waals surface area contributed by atoms with E-state index >= 15 is 0 Å². The second-order valence-corrected chi connectivity index (χ2v) is 7.51. The van der Waals surface area contributed by atoms with Gasteiger partial charge in [-0.2, -0.15) is 4.31 Å². The molecule has 114 valence electrons. The second kappa shape index (κ2) is 6.50. The highest BCUT2D eigenvalue weighted by Gasteiger charge is 2.22. The van der Waals surface area contributed by atoms with Crippen LogP contribution < -0.4 is 5.32 Å². The molecule has 0 bridgehead atoms. The monoisotopic (exact) mass is 326 g/mol. The highest BCUT2D eigenvalue weighted by atomic mass is 32.2. The maximum Gasteiger partial charge on any atom is 0.243 e. The Hall–Kier alpha value is -1.51. The Kier molecular flexibility index (Phi) is 4.92. The number of thiazole rings is 1. The van der Waals surface area contributed by atoms with Crippen LogP contribution in [0.4, 0.5) is 5.82 Å². The summed E-state index contributed by atoms with van der Waals surface area (Å²) in [6, 6.07) is 3.06. The predicted molar refractivity (Wildman–Crippen MR) is 83.9 cm³/mol. The van der Waals surface area contributed by atoms with Crippen LogP contribution in [0.5, 0.6) is 0 Å². The Morgan fingerprint density at radius 2 is 2.14 bits per heavy atom. The number of hydrogen-bond donors (Lipinski definition) is 1. The van der Waals surface area contributed by atoms with E-state index in [1.54, 1.807) is 18.6 Å². The third-order valence-corrected chi connectivity index (χ3v) is 5.73. The molecule has 0 aromatic carbocycles. The van der Waals surface area contributed by atoms with Crippen molar-refractivity contribution in [3.8, 4) is 0 Å². The fourth-order valence-corrected chi connectivity index (χ4v) is 3.86. The number of aryl methyl sites for hydroxylation is 1. The van der Waals surface area contributed by atoms with E-state index in [1.165, 1.54) is 27.9 Å². The molecule has 0 radical (unpaired) electrons. The van der Waals surface area contributed by atoms with Gasteiger partial charge in [-0.05, 0) is 19.9 Å². The Bertz CT molecular complexity index is 712. The zero-order valence-corrected chi connectivity index (χ0v) is 13.8. The van der Waals surface area contributed by atoms with Crippen LogP contribution in [0.1, 0.15) is 17.5 Å². The number of hydrogen-bond acceptors (Lipinski definition) is 6.